The Balaban J connectivity index is 1.81. The minimum Gasteiger partial charge on any atom is -0.449 e. The van der Waals surface area contributed by atoms with Crippen LogP contribution in [0.15, 0.2) is 50.7 Å². The Bertz CT molecular complexity index is 1250. The molecule has 0 unspecified atom stereocenters. The van der Waals surface area contributed by atoms with Crippen molar-refractivity contribution >= 4 is 28.4 Å². The minimum absolute atomic E-state index is 0.0246. The summed E-state index contributed by atoms with van der Waals surface area (Å²) >= 11 is 1.55. The first-order valence-electron chi connectivity index (χ1n) is 9.79. The van der Waals surface area contributed by atoms with E-state index in [1.165, 1.54) is 0 Å². The molecule has 8 heteroatoms. The lowest BCUT2D eigenvalue weighted by molar-refractivity contribution is 0.488. The lowest BCUT2D eigenvalue weighted by Gasteiger charge is -2.20. The second-order valence-electron chi connectivity index (χ2n) is 7.15. The third-order valence-corrected chi connectivity index (χ3v) is 5.92. The van der Waals surface area contributed by atoms with Gasteiger partial charge in [-0.05, 0) is 55.5 Å². The zero-order valence-electron chi connectivity index (χ0n) is 17.3. The number of hydrogen-bond donors (Lipinski definition) is 2. The maximum Gasteiger partial charge on any atom is 0.206 e. The molecule has 2 aromatic heterocycles. The van der Waals surface area contributed by atoms with E-state index in [0.717, 1.165) is 28.1 Å². The van der Waals surface area contributed by atoms with E-state index in [-0.39, 0.29) is 11.5 Å². The highest BCUT2D eigenvalue weighted by Gasteiger charge is 2.19. The molecule has 7 nitrogen and oxygen atoms in total. The van der Waals surface area contributed by atoms with E-state index in [2.05, 4.69) is 32.0 Å². The van der Waals surface area contributed by atoms with Gasteiger partial charge >= 0.3 is 0 Å². The Morgan fingerprint density at radius 1 is 1.23 bits per heavy atom. The van der Waals surface area contributed by atoms with Crippen molar-refractivity contribution < 1.29 is 4.42 Å². The second kappa shape index (κ2) is 8.31. The van der Waals surface area contributed by atoms with Gasteiger partial charge in [0, 0.05) is 22.4 Å². The number of anilines is 1. The molecule has 2 N–H and O–H groups in total. The minimum atomic E-state index is -0.120. The highest BCUT2D eigenvalue weighted by molar-refractivity contribution is 7.99. The maximum atomic E-state index is 13.0. The molecule has 0 saturated carbocycles. The van der Waals surface area contributed by atoms with Crippen LogP contribution in [0.25, 0.3) is 22.4 Å². The lowest BCUT2D eigenvalue weighted by atomic mass is 10.00. The van der Waals surface area contributed by atoms with E-state index in [1.807, 2.05) is 58.0 Å². The fourth-order valence-corrected chi connectivity index (χ4v) is 4.24. The molecule has 0 spiro atoms. The first-order valence-corrected chi connectivity index (χ1v) is 10.8. The summed E-state index contributed by atoms with van der Waals surface area (Å²) in [7, 11) is 0. The summed E-state index contributed by atoms with van der Waals surface area (Å²) in [6.07, 6.45) is 0. The number of hydrogen-bond acceptors (Lipinski definition) is 7. The van der Waals surface area contributed by atoms with Gasteiger partial charge in [-0.2, -0.15) is 5.21 Å². The predicted octanol–water partition coefficient (Wildman–Crippen LogP) is 4.88. The number of nitrogens with zero attached hydrogens (tertiary/aromatic N) is 3. The number of fused-ring (bicyclic) bond motifs is 1. The third kappa shape index (κ3) is 3.70. The first-order chi connectivity index (χ1) is 14.5. The van der Waals surface area contributed by atoms with E-state index in [4.69, 9.17) is 4.42 Å². The molecule has 4 aromatic rings. The van der Waals surface area contributed by atoms with E-state index >= 15 is 0 Å². The average Bonchev–Trinajstić information content (AvgIpc) is 3.27. The van der Waals surface area contributed by atoms with E-state index < -0.39 is 0 Å². The standard InChI is InChI=1S/C22H23N5O2S/c1-5-30-22-13(3)19(28)17-11-12(2)10-16(20(17)29-22)14(4)23-18-9-7-6-8-15(18)21-24-26-27-25-21/h6-11,14,23H,5H2,1-4H3,(H,24,25,26,27)/t14-/m1/s1. The number of tetrazole rings is 1. The number of nitrogens with one attached hydrogen (secondary N) is 2. The van der Waals surface area contributed by atoms with Crippen molar-refractivity contribution in [1.82, 2.24) is 20.6 Å². The lowest BCUT2D eigenvalue weighted by Crippen LogP contribution is -2.12. The average molecular weight is 422 g/mol. The fraction of sp³-hybridized carbons (Fsp3) is 0.273. The van der Waals surface area contributed by atoms with Gasteiger partial charge in [0.25, 0.3) is 0 Å². The number of aryl methyl sites for hydroxylation is 1. The van der Waals surface area contributed by atoms with Crippen molar-refractivity contribution in [2.45, 2.75) is 38.8 Å². The number of thioether (sulfide) groups is 1. The van der Waals surface area contributed by atoms with Crippen molar-refractivity contribution in [3.63, 3.8) is 0 Å². The molecule has 154 valence electrons. The zero-order valence-corrected chi connectivity index (χ0v) is 18.1. The summed E-state index contributed by atoms with van der Waals surface area (Å²) in [6, 6.07) is 11.6. The second-order valence-corrected chi connectivity index (χ2v) is 8.39. The first kappa shape index (κ1) is 20.2. The van der Waals surface area contributed by atoms with Crippen LogP contribution in [-0.4, -0.2) is 26.4 Å². The normalized spacial score (nSPS) is 12.3. The topological polar surface area (TPSA) is 96.7 Å². The van der Waals surface area contributed by atoms with Crippen LogP contribution in [0, 0.1) is 13.8 Å². The van der Waals surface area contributed by atoms with Gasteiger partial charge in [-0.15, -0.1) is 10.2 Å². The number of benzene rings is 2. The smallest absolute Gasteiger partial charge is 0.206 e. The molecule has 0 aliphatic heterocycles. The molecule has 0 radical (unpaired) electrons. The van der Waals surface area contributed by atoms with Gasteiger partial charge in [0.15, 0.2) is 10.5 Å². The Hall–Kier alpha value is -3.13. The largest absolute Gasteiger partial charge is 0.449 e. The maximum absolute atomic E-state index is 13.0. The Morgan fingerprint density at radius 3 is 2.77 bits per heavy atom. The van der Waals surface area contributed by atoms with Gasteiger partial charge in [0.1, 0.15) is 5.58 Å². The van der Waals surface area contributed by atoms with Crippen LogP contribution in [-0.2, 0) is 0 Å². The molecule has 4 rings (SSSR count). The molecule has 30 heavy (non-hydrogen) atoms. The van der Waals surface area contributed by atoms with Crippen LogP contribution in [0.4, 0.5) is 5.69 Å². The number of aromatic amines is 1. The van der Waals surface area contributed by atoms with Gasteiger partial charge in [0.05, 0.1) is 11.4 Å². The summed E-state index contributed by atoms with van der Waals surface area (Å²) < 4.78 is 6.24. The van der Waals surface area contributed by atoms with Crippen molar-refractivity contribution in [3.05, 3.63) is 63.3 Å². The molecule has 1 atom stereocenters. The predicted molar refractivity (Wildman–Crippen MR) is 120 cm³/mol. The number of para-hydroxylation sites is 1. The van der Waals surface area contributed by atoms with Crippen LogP contribution < -0.4 is 10.7 Å². The van der Waals surface area contributed by atoms with Crippen molar-refractivity contribution in [2.75, 3.05) is 11.1 Å². The molecule has 0 aliphatic carbocycles. The monoisotopic (exact) mass is 421 g/mol. The third-order valence-electron chi connectivity index (χ3n) is 4.98. The van der Waals surface area contributed by atoms with Crippen molar-refractivity contribution in [2.24, 2.45) is 0 Å². The summed E-state index contributed by atoms with van der Waals surface area (Å²) in [6.45, 7) is 7.91. The fourth-order valence-electron chi connectivity index (χ4n) is 3.53. The summed E-state index contributed by atoms with van der Waals surface area (Å²) in [5.41, 5.74) is 4.98. The number of aromatic nitrogens is 4. The van der Waals surface area contributed by atoms with Gasteiger partial charge < -0.3 is 9.73 Å². The number of H-pyrrole nitrogens is 1. The van der Waals surface area contributed by atoms with Crippen LogP contribution in [0.5, 0.6) is 0 Å². The van der Waals surface area contributed by atoms with Gasteiger partial charge in [-0.3, -0.25) is 4.79 Å². The van der Waals surface area contributed by atoms with E-state index in [0.29, 0.717) is 27.4 Å². The molecular weight excluding hydrogens is 398 g/mol. The molecular formula is C22H23N5O2S. The molecule has 0 amide bonds. The molecule has 0 aliphatic rings. The summed E-state index contributed by atoms with van der Waals surface area (Å²) in [5.74, 6) is 1.35. The molecule has 2 aromatic carbocycles. The quantitative estimate of drug-likeness (QED) is 0.429. The highest BCUT2D eigenvalue weighted by Crippen LogP contribution is 2.33. The SMILES string of the molecule is CCSc1oc2c([C@@H](C)Nc3ccccc3-c3nn[nH]n3)cc(C)cc2c(=O)c1C. The van der Waals surface area contributed by atoms with Gasteiger partial charge in [0.2, 0.25) is 5.82 Å². The molecule has 2 heterocycles. The van der Waals surface area contributed by atoms with E-state index in [9.17, 15) is 4.79 Å². The number of rotatable bonds is 6. The summed E-state index contributed by atoms with van der Waals surface area (Å²) in [5, 5.41) is 19.2. The molecule has 0 fully saturated rings. The Morgan fingerprint density at radius 2 is 2.03 bits per heavy atom. The van der Waals surface area contributed by atoms with Crippen LogP contribution in [0.1, 0.15) is 36.6 Å². The van der Waals surface area contributed by atoms with Gasteiger partial charge in [-0.1, -0.05) is 36.9 Å². The van der Waals surface area contributed by atoms with Crippen LogP contribution in [0.3, 0.4) is 0 Å². The van der Waals surface area contributed by atoms with Crippen molar-refractivity contribution in [3.8, 4) is 11.4 Å². The molecule has 0 bridgehead atoms. The van der Waals surface area contributed by atoms with Crippen molar-refractivity contribution in [1.29, 1.82) is 0 Å². The van der Waals surface area contributed by atoms with Crippen LogP contribution in [0.2, 0.25) is 0 Å². The Kier molecular flexibility index (Phi) is 5.59. The Labute approximate surface area is 178 Å². The highest BCUT2D eigenvalue weighted by atomic mass is 32.2. The zero-order chi connectivity index (χ0) is 21.3. The van der Waals surface area contributed by atoms with E-state index in [1.54, 1.807) is 11.8 Å². The van der Waals surface area contributed by atoms with Gasteiger partial charge in [-0.25, -0.2) is 0 Å². The summed E-state index contributed by atoms with van der Waals surface area (Å²) in [4.78, 5) is 13.0. The van der Waals surface area contributed by atoms with Crippen LogP contribution >= 0.6 is 11.8 Å². The molecule has 0 saturated heterocycles.